The predicted octanol–water partition coefficient (Wildman–Crippen LogP) is 5.49. The summed E-state index contributed by atoms with van der Waals surface area (Å²) in [6.45, 7) is 8.29. The Morgan fingerprint density at radius 1 is 0.900 bits per heavy atom. The fourth-order valence-corrected chi connectivity index (χ4v) is 3.52. The Bertz CT molecular complexity index is 1100. The molecule has 2 aromatic heterocycles. The molecular weight excluding hydrogens is 372 g/mol. The van der Waals surface area contributed by atoms with Crippen molar-refractivity contribution in [1.29, 1.82) is 0 Å². The van der Waals surface area contributed by atoms with Crippen LogP contribution in [-0.2, 0) is 0 Å². The molecule has 0 saturated carbocycles. The second kappa shape index (κ2) is 8.95. The summed E-state index contributed by atoms with van der Waals surface area (Å²) < 4.78 is 1.89. The van der Waals surface area contributed by atoms with Crippen molar-refractivity contribution in [1.82, 2.24) is 19.7 Å². The first kappa shape index (κ1) is 19.9. The van der Waals surface area contributed by atoms with Gasteiger partial charge in [0.25, 0.3) is 0 Å². The fourth-order valence-electron chi connectivity index (χ4n) is 3.52. The van der Waals surface area contributed by atoms with Crippen LogP contribution in [0.5, 0.6) is 0 Å². The number of aryl methyl sites for hydroxylation is 1. The highest BCUT2D eigenvalue weighted by Gasteiger charge is 2.17. The molecular formula is C24H28N6. The van der Waals surface area contributed by atoms with E-state index >= 15 is 0 Å². The number of hydrogen-bond acceptors (Lipinski definition) is 5. The van der Waals surface area contributed by atoms with Crippen molar-refractivity contribution in [2.45, 2.75) is 33.6 Å². The summed E-state index contributed by atoms with van der Waals surface area (Å²) in [5.41, 5.74) is 4.01. The van der Waals surface area contributed by atoms with Crippen LogP contribution in [0.15, 0.2) is 60.8 Å². The number of fused-ring (bicyclic) bond motifs is 1. The Morgan fingerprint density at radius 2 is 1.60 bits per heavy atom. The van der Waals surface area contributed by atoms with Crippen molar-refractivity contribution in [2.24, 2.45) is 0 Å². The minimum Gasteiger partial charge on any atom is -0.341 e. The summed E-state index contributed by atoms with van der Waals surface area (Å²) in [5.74, 6) is 1.51. The van der Waals surface area contributed by atoms with Gasteiger partial charge in [0.1, 0.15) is 5.82 Å². The van der Waals surface area contributed by atoms with Crippen LogP contribution in [0.25, 0.3) is 16.7 Å². The fraction of sp³-hybridized carbons (Fsp3) is 0.292. The zero-order valence-corrected chi connectivity index (χ0v) is 17.8. The van der Waals surface area contributed by atoms with Crippen LogP contribution in [0.4, 0.5) is 17.5 Å². The van der Waals surface area contributed by atoms with Crippen LogP contribution in [0, 0.1) is 6.92 Å². The highest BCUT2D eigenvalue weighted by molar-refractivity contribution is 5.90. The van der Waals surface area contributed by atoms with Gasteiger partial charge >= 0.3 is 0 Å². The van der Waals surface area contributed by atoms with Gasteiger partial charge < -0.3 is 10.2 Å². The number of para-hydroxylation sites is 1. The van der Waals surface area contributed by atoms with E-state index in [9.17, 15) is 0 Å². The van der Waals surface area contributed by atoms with Crippen LogP contribution in [0.2, 0.25) is 0 Å². The molecule has 1 N–H and O–H groups in total. The lowest BCUT2D eigenvalue weighted by atomic mass is 10.2. The number of rotatable bonds is 8. The van der Waals surface area contributed by atoms with Crippen LogP contribution in [0.1, 0.15) is 32.3 Å². The van der Waals surface area contributed by atoms with E-state index in [1.807, 2.05) is 41.2 Å². The molecule has 0 unspecified atom stereocenters. The maximum absolute atomic E-state index is 4.94. The summed E-state index contributed by atoms with van der Waals surface area (Å²) in [6.07, 6.45) is 3.92. The molecule has 0 saturated heterocycles. The number of nitrogens with zero attached hydrogens (tertiary/aromatic N) is 5. The van der Waals surface area contributed by atoms with Gasteiger partial charge in [0.2, 0.25) is 5.95 Å². The minimum absolute atomic E-state index is 0.735. The molecule has 0 aliphatic carbocycles. The number of anilines is 3. The van der Waals surface area contributed by atoms with E-state index < -0.39 is 0 Å². The SMILES string of the molecule is CCCN(CCC)c1nc(Nc2ccc(C)cc2)c2cnn(-c3ccccc3)c2n1. The van der Waals surface area contributed by atoms with Gasteiger partial charge in [-0.2, -0.15) is 15.1 Å². The third-order valence-corrected chi connectivity index (χ3v) is 5.00. The Kier molecular flexibility index (Phi) is 5.93. The number of nitrogens with one attached hydrogen (secondary N) is 1. The molecule has 6 heteroatoms. The van der Waals surface area contributed by atoms with Crippen molar-refractivity contribution < 1.29 is 0 Å². The van der Waals surface area contributed by atoms with E-state index in [4.69, 9.17) is 9.97 Å². The lowest BCUT2D eigenvalue weighted by Crippen LogP contribution is -2.27. The molecule has 0 aliphatic heterocycles. The maximum Gasteiger partial charge on any atom is 0.229 e. The van der Waals surface area contributed by atoms with Crippen molar-refractivity contribution >= 4 is 28.5 Å². The van der Waals surface area contributed by atoms with Crippen molar-refractivity contribution in [3.05, 3.63) is 66.4 Å². The van der Waals surface area contributed by atoms with Crippen LogP contribution >= 0.6 is 0 Å². The van der Waals surface area contributed by atoms with Gasteiger partial charge in [-0.3, -0.25) is 0 Å². The van der Waals surface area contributed by atoms with Crippen LogP contribution in [-0.4, -0.2) is 32.8 Å². The van der Waals surface area contributed by atoms with E-state index in [0.717, 1.165) is 60.1 Å². The molecule has 30 heavy (non-hydrogen) atoms. The molecule has 4 rings (SSSR count). The summed E-state index contributed by atoms with van der Waals surface area (Å²) >= 11 is 0. The second-order valence-electron chi connectivity index (χ2n) is 7.48. The van der Waals surface area contributed by atoms with Gasteiger partial charge in [-0.1, -0.05) is 49.7 Å². The molecule has 2 aromatic carbocycles. The molecule has 154 valence electrons. The number of benzene rings is 2. The zero-order chi connectivity index (χ0) is 20.9. The summed E-state index contributed by atoms with van der Waals surface area (Å²) in [6, 6.07) is 18.4. The predicted molar refractivity (Wildman–Crippen MR) is 124 cm³/mol. The average Bonchev–Trinajstić information content (AvgIpc) is 3.20. The lowest BCUT2D eigenvalue weighted by Gasteiger charge is -2.22. The molecule has 0 fully saturated rings. The Balaban J connectivity index is 1.85. The maximum atomic E-state index is 4.94. The van der Waals surface area contributed by atoms with Gasteiger partial charge in [0.05, 0.1) is 17.3 Å². The van der Waals surface area contributed by atoms with Gasteiger partial charge in [0.15, 0.2) is 5.65 Å². The second-order valence-corrected chi connectivity index (χ2v) is 7.48. The quantitative estimate of drug-likeness (QED) is 0.423. The van der Waals surface area contributed by atoms with E-state index in [-0.39, 0.29) is 0 Å². The minimum atomic E-state index is 0.735. The van der Waals surface area contributed by atoms with Gasteiger partial charge in [-0.15, -0.1) is 0 Å². The molecule has 2 heterocycles. The largest absolute Gasteiger partial charge is 0.341 e. The molecule has 0 radical (unpaired) electrons. The van der Waals surface area contributed by atoms with Gasteiger partial charge in [0, 0.05) is 18.8 Å². The van der Waals surface area contributed by atoms with Gasteiger partial charge in [-0.25, -0.2) is 4.68 Å². The van der Waals surface area contributed by atoms with Crippen molar-refractivity contribution in [3.63, 3.8) is 0 Å². The number of aromatic nitrogens is 4. The van der Waals surface area contributed by atoms with Crippen LogP contribution in [0.3, 0.4) is 0 Å². The Hall–Kier alpha value is -3.41. The zero-order valence-electron chi connectivity index (χ0n) is 17.8. The first-order valence-corrected chi connectivity index (χ1v) is 10.6. The Morgan fingerprint density at radius 3 is 2.27 bits per heavy atom. The van der Waals surface area contributed by atoms with Crippen molar-refractivity contribution in [2.75, 3.05) is 23.3 Å². The number of hydrogen-bond donors (Lipinski definition) is 1. The summed E-state index contributed by atoms with van der Waals surface area (Å²) in [4.78, 5) is 12.1. The van der Waals surface area contributed by atoms with E-state index in [2.05, 4.69) is 60.4 Å². The molecule has 0 amide bonds. The molecule has 0 spiro atoms. The molecule has 0 atom stereocenters. The molecule has 6 nitrogen and oxygen atoms in total. The topological polar surface area (TPSA) is 58.9 Å². The van der Waals surface area contributed by atoms with Crippen molar-refractivity contribution in [3.8, 4) is 5.69 Å². The summed E-state index contributed by atoms with van der Waals surface area (Å²) in [7, 11) is 0. The average molecular weight is 401 g/mol. The van der Waals surface area contributed by atoms with E-state index in [1.165, 1.54) is 5.56 Å². The highest BCUT2D eigenvalue weighted by atomic mass is 15.3. The lowest BCUT2D eigenvalue weighted by molar-refractivity contribution is 0.722. The van der Waals surface area contributed by atoms with Gasteiger partial charge in [-0.05, 0) is 44.0 Å². The normalized spacial score (nSPS) is 11.0. The first-order valence-electron chi connectivity index (χ1n) is 10.6. The van der Waals surface area contributed by atoms with Crippen LogP contribution < -0.4 is 10.2 Å². The highest BCUT2D eigenvalue weighted by Crippen LogP contribution is 2.28. The third kappa shape index (κ3) is 4.13. The standard InChI is InChI=1S/C24H28N6/c1-4-15-29(16-5-2)24-27-22(26-19-13-11-18(3)12-14-19)21-17-25-30(23(21)28-24)20-9-7-6-8-10-20/h6-14,17H,4-5,15-16H2,1-3H3,(H,26,27,28). The smallest absolute Gasteiger partial charge is 0.229 e. The third-order valence-electron chi connectivity index (χ3n) is 5.00. The Labute approximate surface area is 177 Å². The van der Waals surface area contributed by atoms with E-state index in [0.29, 0.717) is 0 Å². The molecule has 0 aliphatic rings. The first-order chi connectivity index (χ1) is 14.7. The molecule has 4 aromatic rings. The molecule has 0 bridgehead atoms. The monoisotopic (exact) mass is 400 g/mol. The van der Waals surface area contributed by atoms with E-state index in [1.54, 1.807) is 0 Å². The summed E-state index contributed by atoms with van der Waals surface area (Å²) in [5, 5.41) is 9.02.